The van der Waals surface area contributed by atoms with Crippen molar-refractivity contribution in [3.63, 3.8) is 0 Å². The third kappa shape index (κ3) is 1.98. The number of hydrogen-bond acceptors (Lipinski definition) is 7. The molecule has 4 atom stereocenters. The average molecular weight is 309 g/mol. The molecule has 1 aliphatic heterocycles. The maximum absolute atomic E-state index is 11.0. The first-order valence-corrected chi connectivity index (χ1v) is 6.64. The molecule has 3 heterocycles. The van der Waals surface area contributed by atoms with Gasteiger partial charge in [-0.05, 0) is 13.0 Å². The lowest BCUT2D eigenvalue weighted by Crippen LogP contribution is -2.44. The Labute approximate surface area is 124 Å². The van der Waals surface area contributed by atoms with Crippen LogP contribution in [0.3, 0.4) is 0 Å². The van der Waals surface area contributed by atoms with E-state index >= 15 is 0 Å². The van der Waals surface area contributed by atoms with Crippen molar-refractivity contribution in [2.45, 2.75) is 31.0 Å². The van der Waals surface area contributed by atoms with Crippen molar-refractivity contribution >= 4 is 16.7 Å². The second-order valence-corrected chi connectivity index (χ2v) is 5.43. The Morgan fingerprint density at radius 3 is 2.86 bits per heavy atom. The molecule has 3 N–H and O–H groups in total. The number of aliphatic hydroxyl groups excluding tert-OH is 2. The maximum atomic E-state index is 11.0. The van der Waals surface area contributed by atoms with E-state index in [2.05, 4.69) is 4.98 Å². The van der Waals surface area contributed by atoms with Gasteiger partial charge in [0.15, 0.2) is 6.23 Å². The fourth-order valence-electron chi connectivity index (χ4n) is 2.78. The minimum Gasteiger partial charge on any atom is -0.394 e. The van der Waals surface area contributed by atoms with Crippen molar-refractivity contribution in [2.75, 3.05) is 6.61 Å². The second kappa shape index (κ2) is 4.99. The van der Waals surface area contributed by atoms with Crippen LogP contribution in [-0.4, -0.2) is 54.2 Å². The van der Waals surface area contributed by atoms with E-state index < -0.39 is 35.6 Å². The molecule has 0 amide bonds. The maximum Gasteiger partial charge on any atom is 0.281 e. The zero-order chi connectivity index (χ0) is 16.1. The molecular weight excluding hydrogens is 294 g/mol. The lowest BCUT2D eigenvalue weighted by molar-refractivity contribution is -0.383. The number of aliphatic hydroxyl groups is 3. The highest BCUT2D eigenvalue weighted by atomic mass is 16.6. The minimum atomic E-state index is -1.67. The van der Waals surface area contributed by atoms with Crippen LogP contribution in [0.4, 0.5) is 5.69 Å². The first-order chi connectivity index (χ1) is 10.4. The summed E-state index contributed by atoms with van der Waals surface area (Å²) in [5.74, 6) is 0. The smallest absolute Gasteiger partial charge is 0.281 e. The van der Waals surface area contributed by atoms with Gasteiger partial charge in [-0.15, -0.1) is 0 Å². The van der Waals surface area contributed by atoms with Gasteiger partial charge in [0.2, 0.25) is 0 Å². The minimum absolute atomic E-state index is 0.111. The predicted octanol–water partition coefficient (Wildman–Crippen LogP) is -0.0539. The summed E-state index contributed by atoms with van der Waals surface area (Å²) < 4.78 is 6.91. The summed E-state index contributed by atoms with van der Waals surface area (Å²) in [4.78, 5) is 14.6. The molecule has 2 aromatic rings. The van der Waals surface area contributed by atoms with E-state index in [4.69, 9.17) is 4.74 Å². The molecule has 0 saturated carbocycles. The molecule has 1 fully saturated rings. The average Bonchev–Trinajstić information content (AvgIpc) is 2.99. The molecule has 0 radical (unpaired) electrons. The molecule has 3 rings (SSSR count). The van der Waals surface area contributed by atoms with E-state index in [1.54, 1.807) is 0 Å². The van der Waals surface area contributed by atoms with Crippen LogP contribution in [0, 0.1) is 10.1 Å². The summed E-state index contributed by atoms with van der Waals surface area (Å²) in [6, 6.07) is 2.78. The number of ether oxygens (including phenoxy) is 1. The van der Waals surface area contributed by atoms with E-state index in [9.17, 15) is 25.4 Å². The van der Waals surface area contributed by atoms with Crippen LogP contribution in [0.25, 0.3) is 11.0 Å². The zero-order valence-corrected chi connectivity index (χ0v) is 11.7. The SMILES string of the molecule is CC1(O)C(O)C(CO)OC1n1ccc2c([N+](=O)[O-])ccnc21. The largest absolute Gasteiger partial charge is 0.394 e. The molecule has 118 valence electrons. The van der Waals surface area contributed by atoms with Crippen LogP contribution < -0.4 is 0 Å². The lowest BCUT2D eigenvalue weighted by atomic mass is 9.96. The fraction of sp³-hybridized carbons (Fsp3) is 0.462. The molecule has 0 aliphatic carbocycles. The summed E-state index contributed by atoms with van der Waals surface area (Å²) >= 11 is 0. The Kier molecular flexibility index (Phi) is 3.37. The summed E-state index contributed by atoms with van der Waals surface area (Å²) in [7, 11) is 0. The highest BCUT2D eigenvalue weighted by Crippen LogP contribution is 2.40. The Balaban J connectivity index is 2.12. The van der Waals surface area contributed by atoms with Crippen molar-refractivity contribution in [2.24, 2.45) is 0 Å². The van der Waals surface area contributed by atoms with Crippen LogP contribution in [0.15, 0.2) is 24.5 Å². The van der Waals surface area contributed by atoms with Gasteiger partial charge in [-0.2, -0.15) is 0 Å². The highest BCUT2D eigenvalue weighted by molar-refractivity contribution is 5.86. The normalized spacial score (nSPS) is 31.7. The third-order valence-electron chi connectivity index (χ3n) is 3.98. The standard InChI is InChI=1S/C13H15N3O6/c1-13(19)10(18)9(6-17)22-12(13)15-5-3-7-8(16(20)21)2-4-14-11(7)15/h2-5,9-10,12,17-19H,6H2,1H3. The fourth-order valence-corrected chi connectivity index (χ4v) is 2.78. The van der Waals surface area contributed by atoms with E-state index in [0.717, 1.165) is 0 Å². The van der Waals surface area contributed by atoms with Crippen LogP contribution in [0.5, 0.6) is 0 Å². The van der Waals surface area contributed by atoms with E-state index in [1.165, 1.54) is 36.0 Å². The van der Waals surface area contributed by atoms with Crippen molar-refractivity contribution in [3.05, 3.63) is 34.6 Å². The third-order valence-corrected chi connectivity index (χ3v) is 3.98. The Morgan fingerprint density at radius 2 is 2.27 bits per heavy atom. The lowest BCUT2D eigenvalue weighted by Gasteiger charge is -2.27. The highest BCUT2D eigenvalue weighted by Gasteiger charge is 2.53. The van der Waals surface area contributed by atoms with Crippen LogP contribution in [0.1, 0.15) is 13.2 Å². The van der Waals surface area contributed by atoms with Crippen LogP contribution in [-0.2, 0) is 4.74 Å². The first kappa shape index (κ1) is 14.9. The van der Waals surface area contributed by atoms with Gasteiger partial charge >= 0.3 is 0 Å². The molecule has 22 heavy (non-hydrogen) atoms. The number of nitrogens with zero attached hydrogens (tertiary/aromatic N) is 3. The number of pyridine rings is 1. The molecule has 4 unspecified atom stereocenters. The van der Waals surface area contributed by atoms with Crippen molar-refractivity contribution in [3.8, 4) is 0 Å². The molecule has 0 spiro atoms. The Morgan fingerprint density at radius 1 is 1.55 bits per heavy atom. The quantitative estimate of drug-likeness (QED) is 0.535. The number of rotatable bonds is 3. The van der Waals surface area contributed by atoms with Crippen LogP contribution >= 0.6 is 0 Å². The molecule has 0 aromatic carbocycles. The molecule has 9 heteroatoms. The monoisotopic (exact) mass is 309 g/mol. The number of fused-ring (bicyclic) bond motifs is 1. The van der Waals surface area contributed by atoms with E-state index in [-0.39, 0.29) is 11.3 Å². The van der Waals surface area contributed by atoms with Crippen molar-refractivity contribution < 1.29 is 25.0 Å². The molecular formula is C13H15N3O6. The van der Waals surface area contributed by atoms with Crippen molar-refractivity contribution in [1.29, 1.82) is 0 Å². The van der Waals surface area contributed by atoms with Gasteiger partial charge in [0.25, 0.3) is 5.69 Å². The van der Waals surface area contributed by atoms with Gasteiger partial charge in [-0.25, -0.2) is 4.98 Å². The second-order valence-electron chi connectivity index (χ2n) is 5.43. The summed E-state index contributed by atoms with van der Waals surface area (Å²) in [5, 5.41) is 41.0. The first-order valence-electron chi connectivity index (χ1n) is 6.64. The number of aromatic nitrogens is 2. The molecule has 0 bridgehead atoms. The molecule has 2 aromatic heterocycles. The number of nitro groups is 1. The topological polar surface area (TPSA) is 131 Å². The van der Waals surface area contributed by atoms with Gasteiger partial charge in [-0.1, -0.05) is 0 Å². The predicted molar refractivity (Wildman–Crippen MR) is 74.0 cm³/mol. The van der Waals surface area contributed by atoms with E-state index in [0.29, 0.717) is 5.39 Å². The summed E-state index contributed by atoms with van der Waals surface area (Å²) in [6.07, 6.45) is -0.474. The summed E-state index contributed by atoms with van der Waals surface area (Å²) in [6.45, 7) is 0.918. The summed E-state index contributed by atoms with van der Waals surface area (Å²) in [5.41, 5.74) is -1.53. The van der Waals surface area contributed by atoms with Gasteiger partial charge in [-0.3, -0.25) is 10.1 Å². The Hall–Kier alpha value is -2.07. The molecule has 1 aliphatic rings. The van der Waals surface area contributed by atoms with Gasteiger partial charge in [0, 0.05) is 18.5 Å². The van der Waals surface area contributed by atoms with Gasteiger partial charge in [0.1, 0.15) is 23.5 Å². The van der Waals surface area contributed by atoms with E-state index in [1.807, 2.05) is 0 Å². The molecule has 1 saturated heterocycles. The zero-order valence-electron chi connectivity index (χ0n) is 11.7. The van der Waals surface area contributed by atoms with Crippen LogP contribution in [0.2, 0.25) is 0 Å². The van der Waals surface area contributed by atoms with Crippen molar-refractivity contribution in [1.82, 2.24) is 9.55 Å². The molecule has 9 nitrogen and oxygen atoms in total. The number of hydrogen-bond donors (Lipinski definition) is 3. The van der Waals surface area contributed by atoms with Gasteiger partial charge in [0.05, 0.1) is 16.9 Å². The Bertz CT molecular complexity index is 728. The van der Waals surface area contributed by atoms with Gasteiger partial charge < -0.3 is 24.6 Å².